The van der Waals surface area contributed by atoms with E-state index in [9.17, 15) is 0 Å². The minimum Gasteiger partial charge on any atom is -0.357 e. The quantitative estimate of drug-likeness (QED) is 0.630. The molecule has 0 spiro atoms. The summed E-state index contributed by atoms with van der Waals surface area (Å²) in [7, 11) is 0. The molecule has 0 amide bonds. The standard InChI is InChI=1S/C9H10N2/c10-6-8-5-7-3-1-2-4-9(7)11-8/h1-5,11H,6,10H2. The third-order valence-corrected chi connectivity index (χ3v) is 1.81. The van der Waals surface area contributed by atoms with Crippen LogP contribution in [0, 0.1) is 0 Å². The summed E-state index contributed by atoms with van der Waals surface area (Å²) in [5, 5.41) is 1.23. The maximum absolute atomic E-state index is 5.48. The van der Waals surface area contributed by atoms with Gasteiger partial charge in [0.1, 0.15) is 0 Å². The molecular weight excluding hydrogens is 136 g/mol. The number of para-hydroxylation sites is 1. The highest BCUT2D eigenvalue weighted by atomic mass is 14.7. The number of H-pyrrole nitrogens is 1. The van der Waals surface area contributed by atoms with Crippen molar-refractivity contribution in [2.45, 2.75) is 6.54 Å². The van der Waals surface area contributed by atoms with E-state index in [4.69, 9.17) is 5.73 Å². The first-order valence-electron chi connectivity index (χ1n) is 3.67. The van der Waals surface area contributed by atoms with Crippen molar-refractivity contribution in [3.05, 3.63) is 36.0 Å². The average Bonchev–Trinajstić information content (AvgIpc) is 2.46. The molecule has 0 bridgehead atoms. The summed E-state index contributed by atoms with van der Waals surface area (Å²) >= 11 is 0. The van der Waals surface area contributed by atoms with Crippen molar-refractivity contribution in [3.63, 3.8) is 0 Å². The van der Waals surface area contributed by atoms with Gasteiger partial charge in [-0.25, -0.2) is 0 Å². The van der Waals surface area contributed by atoms with E-state index in [0.717, 1.165) is 11.2 Å². The molecule has 0 aliphatic rings. The number of rotatable bonds is 1. The van der Waals surface area contributed by atoms with Gasteiger partial charge in [-0.05, 0) is 17.5 Å². The number of aromatic amines is 1. The van der Waals surface area contributed by atoms with Crippen LogP contribution in [0.4, 0.5) is 0 Å². The van der Waals surface area contributed by atoms with Gasteiger partial charge in [0, 0.05) is 17.8 Å². The van der Waals surface area contributed by atoms with Crippen LogP contribution in [0.5, 0.6) is 0 Å². The number of hydrogen-bond acceptors (Lipinski definition) is 1. The first-order valence-corrected chi connectivity index (χ1v) is 3.67. The molecule has 1 aromatic heterocycles. The van der Waals surface area contributed by atoms with Gasteiger partial charge in [0.05, 0.1) is 0 Å². The number of fused-ring (bicyclic) bond motifs is 1. The van der Waals surface area contributed by atoms with Crippen LogP contribution >= 0.6 is 0 Å². The van der Waals surface area contributed by atoms with Crippen LogP contribution in [0.2, 0.25) is 0 Å². The van der Waals surface area contributed by atoms with Gasteiger partial charge in [-0.3, -0.25) is 0 Å². The fraction of sp³-hybridized carbons (Fsp3) is 0.111. The molecule has 0 unspecified atom stereocenters. The minimum atomic E-state index is 0.578. The van der Waals surface area contributed by atoms with Crippen molar-refractivity contribution in [1.82, 2.24) is 4.98 Å². The van der Waals surface area contributed by atoms with E-state index in [2.05, 4.69) is 23.2 Å². The van der Waals surface area contributed by atoms with Crippen LogP contribution in [0.25, 0.3) is 10.9 Å². The zero-order valence-electron chi connectivity index (χ0n) is 6.17. The second-order valence-corrected chi connectivity index (χ2v) is 2.59. The molecule has 2 heteroatoms. The van der Waals surface area contributed by atoms with Gasteiger partial charge in [0.15, 0.2) is 0 Å². The fourth-order valence-corrected chi connectivity index (χ4v) is 1.24. The Balaban J connectivity index is 2.69. The highest BCUT2D eigenvalue weighted by Crippen LogP contribution is 2.13. The zero-order chi connectivity index (χ0) is 7.68. The Morgan fingerprint density at radius 2 is 2.09 bits per heavy atom. The Bertz CT molecular complexity index is 329. The second kappa shape index (κ2) is 2.40. The second-order valence-electron chi connectivity index (χ2n) is 2.59. The third kappa shape index (κ3) is 1.01. The van der Waals surface area contributed by atoms with Gasteiger partial charge in [-0.1, -0.05) is 18.2 Å². The zero-order valence-corrected chi connectivity index (χ0v) is 6.17. The normalized spacial score (nSPS) is 10.6. The summed E-state index contributed by atoms with van der Waals surface area (Å²) in [6, 6.07) is 10.2. The summed E-state index contributed by atoms with van der Waals surface area (Å²) in [4.78, 5) is 3.22. The largest absolute Gasteiger partial charge is 0.357 e. The van der Waals surface area contributed by atoms with Crippen LogP contribution in [-0.2, 0) is 6.54 Å². The third-order valence-electron chi connectivity index (χ3n) is 1.81. The Kier molecular flexibility index (Phi) is 1.40. The maximum atomic E-state index is 5.48. The van der Waals surface area contributed by atoms with E-state index in [1.165, 1.54) is 5.39 Å². The molecule has 1 aromatic carbocycles. The molecule has 2 aromatic rings. The summed E-state index contributed by atoms with van der Waals surface area (Å²) in [5.41, 5.74) is 7.73. The monoisotopic (exact) mass is 146 g/mol. The molecule has 0 saturated heterocycles. The number of nitrogens with two attached hydrogens (primary N) is 1. The lowest BCUT2D eigenvalue weighted by Gasteiger charge is -1.85. The average molecular weight is 146 g/mol. The van der Waals surface area contributed by atoms with E-state index in [1.54, 1.807) is 0 Å². The van der Waals surface area contributed by atoms with Crippen LogP contribution in [0.15, 0.2) is 30.3 Å². The molecule has 56 valence electrons. The molecule has 0 saturated carbocycles. The lowest BCUT2D eigenvalue weighted by atomic mass is 10.2. The van der Waals surface area contributed by atoms with E-state index in [1.807, 2.05) is 12.1 Å². The predicted octanol–water partition coefficient (Wildman–Crippen LogP) is 1.63. The van der Waals surface area contributed by atoms with Crippen molar-refractivity contribution in [2.24, 2.45) is 5.73 Å². The molecule has 1 heterocycles. The summed E-state index contributed by atoms with van der Waals surface area (Å²) in [6.45, 7) is 0.578. The smallest absolute Gasteiger partial charge is 0.0456 e. The Morgan fingerprint density at radius 1 is 1.27 bits per heavy atom. The highest BCUT2D eigenvalue weighted by Gasteiger charge is 1.95. The Labute approximate surface area is 65.0 Å². The number of benzene rings is 1. The Hall–Kier alpha value is -1.28. The minimum absolute atomic E-state index is 0.578. The first kappa shape index (κ1) is 6.43. The van der Waals surface area contributed by atoms with Crippen LogP contribution in [0.3, 0.4) is 0 Å². The van der Waals surface area contributed by atoms with Crippen LogP contribution in [0.1, 0.15) is 5.69 Å². The molecule has 0 radical (unpaired) electrons. The van der Waals surface area contributed by atoms with Gasteiger partial charge in [-0.2, -0.15) is 0 Å². The predicted molar refractivity (Wildman–Crippen MR) is 46.2 cm³/mol. The molecule has 0 fully saturated rings. The van der Waals surface area contributed by atoms with Crippen LogP contribution < -0.4 is 5.73 Å². The lowest BCUT2D eigenvalue weighted by molar-refractivity contribution is 1.02. The molecule has 0 atom stereocenters. The molecular formula is C9H10N2. The van der Waals surface area contributed by atoms with E-state index in [0.29, 0.717) is 6.54 Å². The first-order chi connectivity index (χ1) is 5.40. The van der Waals surface area contributed by atoms with E-state index >= 15 is 0 Å². The van der Waals surface area contributed by atoms with Crippen molar-refractivity contribution >= 4 is 10.9 Å². The number of nitrogens with one attached hydrogen (secondary N) is 1. The van der Waals surface area contributed by atoms with Gasteiger partial charge in [0.2, 0.25) is 0 Å². The van der Waals surface area contributed by atoms with Crippen molar-refractivity contribution in [2.75, 3.05) is 0 Å². The molecule has 3 N–H and O–H groups in total. The van der Waals surface area contributed by atoms with E-state index < -0.39 is 0 Å². The van der Waals surface area contributed by atoms with Crippen molar-refractivity contribution in [1.29, 1.82) is 0 Å². The van der Waals surface area contributed by atoms with Crippen molar-refractivity contribution in [3.8, 4) is 0 Å². The summed E-state index contributed by atoms with van der Waals surface area (Å²) < 4.78 is 0. The number of aromatic nitrogens is 1. The highest BCUT2D eigenvalue weighted by molar-refractivity contribution is 5.80. The summed E-state index contributed by atoms with van der Waals surface area (Å²) in [5.74, 6) is 0. The molecule has 2 rings (SSSR count). The fourth-order valence-electron chi connectivity index (χ4n) is 1.24. The lowest BCUT2D eigenvalue weighted by Crippen LogP contribution is -1.94. The molecule has 11 heavy (non-hydrogen) atoms. The topological polar surface area (TPSA) is 41.8 Å². The maximum Gasteiger partial charge on any atom is 0.0456 e. The van der Waals surface area contributed by atoms with E-state index in [-0.39, 0.29) is 0 Å². The molecule has 2 nitrogen and oxygen atoms in total. The number of hydrogen-bond donors (Lipinski definition) is 2. The van der Waals surface area contributed by atoms with Crippen molar-refractivity contribution < 1.29 is 0 Å². The van der Waals surface area contributed by atoms with Gasteiger partial charge in [-0.15, -0.1) is 0 Å². The Morgan fingerprint density at radius 3 is 2.82 bits per heavy atom. The van der Waals surface area contributed by atoms with Gasteiger partial charge >= 0.3 is 0 Å². The SMILES string of the molecule is NCc1cc2ccccc2[nH]1. The molecule has 0 aliphatic heterocycles. The molecule has 0 aliphatic carbocycles. The van der Waals surface area contributed by atoms with Crippen LogP contribution in [-0.4, -0.2) is 4.98 Å². The summed E-state index contributed by atoms with van der Waals surface area (Å²) in [6.07, 6.45) is 0. The van der Waals surface area contributed by atoms with Gasteiger partial charge in [0.25, 0.3) is 0 Å². The van der Waals surface area contributed by atoms with Gasteiger partial charge < -0.3 is 10.7 Å².